The first kappa shape index (κ1) is 21.0. The van der Waals surface area contributed by atoms with Crippen molar-refractivity contribution < 1.29 is 4.79 Å². The van der Waals surface area contributed by atoms with Crippen LogP contribution >= 0.6 is 0 Å². The molecule has 1 fully saturated rings. The van der Waals surface area contributed by atoms with Crippen LogP contribution in [0.15, 0.2) is 66.9 Å². The maximum absolute atomic E-state index is 12.9. The summed E-state index contributed by atoms with van der Waals surface area (Å²) in [5.74, 6) is 0.517. The molecule has 0 saturated carbocycles. The van der Waals surface area contributed by atoms with Crippen LogP contribution in [-0.4, -0.2) is 71.9 Å². The number of tetrazole rings is 1. The van der Waals surface area contributed by atoms with Crippen molar-refractivity contribution in [3.05, 3.63) is 83.7 Å². The first-order chi connectivity index (χ1) is 16.1. The zero-order valence-corrected chi connectivity index (χ0v) is 18.6. The van der Waals surface area contributed by atoms with E-state index in [1.807, 2.05) is 35.2 Å². The average molecular weight is 443 g/mol. The van der Waals surface area contributed by atoms with Crippen molar-refractivity contribution in [1.82, 2.24) is 39.8 Å². The molecule has 33 heavy (non-hydrogen) atoms. The second kappa shape index (κ2) is 9.33. The lowest BCUT2D eigenvalue weighted by atomic mass is 10.1. The Labute approximate surface area is 192 Å². The van der Waals surface area contributed by atoms with Crippen LogP contribution in [-0.2, 0) is 13.2 Å². The summed E-state index contributed by atoms with van der Waals surface area (Å²) in [4.78, 5) is 18.7. The molecular formula is C24H26N8O. The molecule has 1 aliphatic rings. The van der Waals surface area contributed by atoms with E-state index in [1.54, 1.807) is 16.9 Å². The van der Waals surface area contributed by atoms with Crippen LogP contribution in [0.3, 0.4) is 0 Å². The first-order valence-corrected chi connectivity index (χ1v) is 11.1. The largest absolute Gasteiger partial charge is 0.335 e. The van der Waals surface area contributed by atoms with Crippen LogP contribution in [0.1, 0.15) is 21.6 Å². The van der Waals surface area contributed by atoms with Crippen LogP contribution in [0.25, 0.3) is 11.4 Å². The van der Waals surface area contributed by atoms with Crippen LogP contribution in [0, 0.1) is 6.92 Å². The van der Waals surface area contributed by atoms with Gasteiger partial charge in [-0.05, 0) is 23.8 Å². The zero-order chi connectivity index (χ0) is 22.6. The summed E-state index contributed by atoms with van der Waals surface area (Å²) >= 11 is 0. The van der Waals surface area contributed by atoms with E-state index in [2.05, 4.69) is 56.6 Å². The molecule has 1 amide bonds. The summed E-state index contributed by atoms with van der Waals surface area (Å²) in [6.07, 6.45) is 1.77. The lowest BCUT2D eigenvalue weighted by molar-refractivity contribution is 0.0621. The first-order valence-electron chi connectivity index (χ1n) is 11.1. The Kier molecular flexibility index (Phi) is 5.95. The molecule has 0 atom stereocenters. The molecule has 0 aliphatic carbocycles. The molecule has 0 radical (unpaired) electrons. The van der Waals surface area contributed by atoms with Gasteiger partial charge in [-0.15, -0.1) is 15.0 Å². The molecule has 4 aromatic rings. The van der Waals surface area contributed by atoms with Gasteiger partial charge in [-0.25, -0.2) is 4.68 Å². The number of carbonyl (C=O) groups is 1. The van der Waals surface area contributed by atoms with E-state index in [0.29, 0.717) is 24.6 Å². The van der Waals surface area contributed by atoms with Crippen molar-refractivity contribution in [2.45, 2.75) is 20.1 Å². The summed E-state index contributed by atoms with van der Waals surface area (Å²) in [7, 11) is 0. The lowest BCUT2D eigenvalue weighted by Crippen LogP contribution is -2.48. The minimum absolute atomic E-state index is 0.0412. The van der Waals surface area contributed by atoms with E-state index in [4.69, 9.17) is 0 Å². The maximum Gasteiger partial charge on any atom is 0.274 e. The van der Waals surface area contributed by atoms with Gasteiger partial charge in [-0.3, -0.25) is 9.69 Å². The van der Waals surface area contributed by atoms with E-state index < -0.39 is 0 Å². The Bertz CT molecular complexity index is 1220. The number of nitrogens with zero attached hydrogens (tertiary/aromatic N) is 8. The molecule has 3 heterocycles. The Balaban J connectivity index is 1.16. The Morgan fingerprint density at radius 2 is 1.76 bits per heavy atom. The highest BCUT2D eigenvalue weighted by atomic mass is 16.2. The fourth-order valence-corrected chi connectivity index (χ4v) is 4.03. The fraction of sp³-hybridized carbons (Fsp3) is 0.292. The highest BCUT2D eigenvalue weighted by Gasteiger charge is 2.23. The van der Waals surface area contributed by atoms with Gasteiger partial charge < -0.3 is 4.90 Å². The third-order valence-corrected chi connectivity index (χ3v) is 5.76. The second-order valence-corrected chi connectivity index (χ2v) is 8.29. The number of benzene rings is 2. The van der Waals surface area contributed by atoms with Gasteiger partial charge in [0.1, 0.15) is 5.69 Å². The van der Waals surface area contributed by atoms with Crippen molar-refractivity contribution in [2.24, 2.45) is 0 Å². The average Bonchev–Trinajstić information content (AvgIpc) is 3.50. The molecule has 0 unspecified atom stereocenters. The maximum atomic E-state index is 12.9. The number of hydrogen-bond acceptors (Lipinski definition) is 6. The molecule has 2 aromatic carbocycles. The predicted octanol–water partition coefficient (Wildman–Crippen LogP) is 2.31. The Morgan fingerprint density at radius 3 is 2.55 bits per heavy atom. The standard InChI is InChI=1S/C24H26N8O/c1-19-6-5-7-20(16-19)17-29-12-14-30(15-13-29)24(33)22-10-11-31(26-22)18-32-27-23(25-28-32)21-8-3-2-4-9-21/h2-11,16H,12-15,17-18H2,1H3. The van der Waals surface area contributed by atoms with Crippen LogP contribution < -0.4 is 0 Å². The molecule has 168 valence electrons. The molecule has 0 N–H and O–H groups in total. The molecule has 0 spiro atoms. The van der Waals surface area contributed by atoms with Gasteiger partial charge in [-0.2, -0.15) is 5.10 Å². The summed E-state index contributed by atoms with van der Waals surface area (Å²) < 4.78 is 1.65. The molecular weight excluding hydrogens is 416 g/mol. The van der Waals surface area contributed by atoms with Crippen molar-refractivity contribution in [3.63, 3.8) is 0 Å². The number of piperazine rings is 1. The van der Waals surface area contributed by atoms with Gasteiger partial charge in [-0.1, -0.05) is 60.2 Å². The summed E-state index contributed by atoms with van der Waals surface area (Å²) in [6, 6.07) is 20.0. The summed E-state index contributed by atoms with van der Waals surface area (Å²) in [5.41, 5.74) is 3.92. The van der Waals surface area contributed by atoms with Crippen LogP contribution in [0.2, 0.25) is 0 Å². The van der Waals surface area contributed by atoms with Gasteiger partial charge in [0.2, 0.25) is 5.82 Å². The lowest BCUT2D eigenvalue weighted by Gasteiger charge is -2.34. The minimum Gasteiger partial charge on any atom is -0.335 e. The van der Waals surface area contributed by atoms with Crippen LogP contribution in [0.5, 0.6) is 0 Å². The molecule has 2 aromatic heterocycles. The van der Waals surface area contributed by atoms with Gasteiger partial charge in [0.25, 0.3) is 5.91 Å². The minimum atomic E-state index is -0.0412. The van der Waals surface area contributed by atoms with Crippen molar-refractivity contribution in [2.75, 3.05) is 26.2 Å². The van der Waals surface area contributed by atoms with E-state index in [9.17, 15) is 4.79 Å². The van der Waals surface area contributed by atoms with Crippen molar-refractivity contribution >= 4 is 5.91 Å². The van der Waals surface area contributed by atoms with Gasteiger partial charge in [0, 0.05) is 44.5 Å². The van der Waals surface area contributed by atoms with E-state index >= 15 is 0 Å². The normalized spacial score (nSPS) is 14.5. The van der Waals surface area contributed by atoms with Gasteiger partial charge in [0.15, 0.2) is 6.67 Å². The fourth-order valence-electron chi connectivity index (χ4n) is 4.03. The number of carbonyl (C=O) groups excluding carboxylic acids is 1. The quantitative estimate of drug-likeness (QED) is 0.456. The topological polar surface area (TPSA) is 85.0 Å². The monoisotopic (exact) mass is 442 g/mol. The van der Waals surface area contributed by atoms with Crippen LogP contribution in [0.4, 0.5) is 0 Å². The third-order valence-electron chi connectivity index (χ3n) is 5.76. The zero-order valence-electron chi connectivity index (χ0n) is 18.6. The highest BCUT2D eigenvalue weighted by Crippen LogP contribution is 2.13. The number of rotatable bonds is 6. The smallest absolute Gasteiger partial charge is 0.274 e. The van der Waals surface area contributed by atoms with Gasteiger partial charge in [0.05, 0.1) is 0 Å². The molecule has 9 heteroatoms. The molecule has 1 saturated heterocycles. The van der Waals surface area contributed by atoms with Crippen molar-refractivity contribution in [3.8, 4) is 11.4 Å². The van der Waals surface area contributed by atoms with E-state index in [0.717, 1.165) is 25.2 Å². The number of amides is 1. The summed E-state index contributed by atoms with van der Waals surface area (Å²) in [6.45, 7) is 6.41. The number of aryl methyl sites for hydroxylation is 1. The molecule has 1 aliphatic heterocycles. The Hall–Kier alpha value is -3.85. The number of aromatic nitrogens is 6. The van der Waals surface area contributed by atoms with Gasteiger partial charge >= 0.3 is 0 Å². The summed E-state index contributed by atoms with van der Waals surface area (Å²) in [5, 5.41) is 17.0. The van der Waals surface area contributed by atoms with E-state index in [-0.39, 0.29) is 12.6 Å². The third kappa shape index (κ3) is 4.98. The highest BCUT2D eigenvalue weighted by molar-refractivity contribution is 5.92. The molecule has 5 rings (SSSR count). The molecule has 9 nitrogen and oxygen atoms in total. The Morgan fingerprint density at radius 1 is 0.939 bits per heavy atom. The predicted molar refractivity (Wildman–Crippen MR) is 123 cm³/mol. The van der Waals surface area contributed by atoms with Crippen molar-refractivity contribution in [1.29, 1.82) is 0 Å². The molecule has 0 bridgehead atoms. The van der Waals surface area contributed by atoms with E-state index in [1.165, 1.54) is 15.9 Å². The number of hydrogen-bond donors (Lipinski definition) is 0. The second-order valence-electron chi connectivity index (χ2n) is 8.29. The SMILES string of the molecule is Cc1cccc(CN2CCN(C(=O)c3ccn(Cn4nnc(-c5ccccc5)n4)n3)CC2)c1.